The van der Waals surface area contributed by atoms with Crippen LogP contribution in [-0.2, 0) is 20.8 Å². The van der Waals surface area contributed by atoms with Crippen LogP contribution in [-0.4, -0.2) is 69.0 Å². The van der Waals surface area contributed by atoms with Crippen molar-refractivity contribution in [1.82, 2.24) is 10.6 Å². The smallest absolute Gasteiger partial charge is 0.326 e. The highest BCUT2D eigenvalue weighted by Crippen LogP contribution is 2.11. The molecule has 8 N–H and O–H groups in total. The van der Waals surface area contributed by atoms with Crippen molar-refractivity contribution >= 4 is 17.8 Å². The number of aliphatic carboxylic acids is 1. The third-order valence-corrected chi connectivity index (χ3v) is 3.59. The molecule has 1 aromatic rings. The number of aliphatic hydroxyl groups excluding tert-OH is 2. The molecule has 0 unspecified atom stereocenters. The minimum atomic E-state index is -1.44. The van der Waals surface area contributed by atoms with Crippen LogP contribution in [0.15, 0.2) is 24.3 Å². The van der Waals surface area contributed by atoms with E-state index in [9.17, 15) is 29.7 Å². The molecule has 0 radical (unpaired) electrons. The molecule has 0 spiro atoms. The second-order valence-electron chi connectivity index (χ2n) is 5.79. The van der Waals surface area contributed by atoms with Crippen LogP contribution < -0.4 is 16.4 Å². The first kappa shape index (κ1) is 21.4. The second-order valence-corrected chi connectivity index (χ2v) is 5.79. The third-order valence-electron chi connectivity index (χ3n) is 3.59. The first-order valence-corrected chi connectivity index (χ1v) is 7.81. The van der Waals surface area contributed by atoms with Crippen LogP contribution >= 0.6 is 0 Å². The number of phenols is 1. The van der Waals surface area contributed by atoms with Crippen molar-refractivity contribution in [2.75, 3.05) is 6.61 Å². The van der Waals surface area contributed by atoms with E-state index in [4.69, 9.17) is 10.8 Å². The molecule has 1 aromatic carbocycles. The first-order chi connectivity index (χ1) is 12.1. The summed E-state index contributed by atoms with van der Waals surface area (Å²) in [5.41, 5.74) is 5.89. The van der Waals surface area contributed by atoms with Crippen molar-refractivity contribution in [2.24, 2.45) is 5.73 Å². The minimum Gasteiger partial charge on any atom is -0.508 e. The Balaban J connectivity index is 2.83. The molecular formula is C16H23N3O7. The number of carbonyl (C=O) groups excluding carboxylic acids is 2. The Morgan fingerprint density at radius 2 is 1.69 bits per heavy atom. The van der Waals surface area contributed by atoms with Crippen LogP contribution in [0.5, 0.6) is 5.75 Å². The molecule has 0 saturated heterocycles. The molecule has 144 valence electrons. The van der Waals surface area contributed by atoms with E-state index in [1.54, 1.807) is 0 Å². The fraction of sp³-hybridized carbons (Fsp3) is 0.438. The highest BCUT2D eigenvalue weighted by atomic mass is 16.4. The molecule has 10 nitrogen and oxygen atoms in total. The van der Waals surface area contributed by atoms with E-state index in [-0.39, 0.29) is 12.2 Å². The summed E-state index contributed by atoms with van der Waals surface area (Å²) in [5, 5.41) is 41.5. The van der Waals surface area contributed by atoms with E-state index in [1.807, 2.05) is 0 Å². The van der Waals surface area contributed by atoms with Gasteiger partial charge in [0.1, 0.15) is 23.9 Å². The standard InChI is InChI=1S/C16H23N3O7/c1-8(21)13(19-14(23)11(17)7-20)15(24)18-12(16(25)26)6-9-2-4-10(22)5-3-9/h2-5,8,11-13,20-22H,6-7,17H2,1H3,(H,18,24)(H,19,23)(H,25,26)/t8-,11+,12+,13+/m1/s1. The molecule has 26 heavy (non-hydrogen) atoms. The van der Waals surface area contributed by atoms with Gasteiger partial charge < -0.3 is 36.8 Å². The molecule has 4 atom stereocenters. The van der Waals surface area contributed by atoms with E-state index in [1.165, 1.54) is 31.2 Å². The number of benzene rings is 1. The zero-order chi connectivity index (χ0) is 19.9. The normalized spacial score (nSPS) is 15.4. The van der Waals surface area contributed by atoms with Crippen molar-refractivity contribution in [1.29, 1.82) is 0 Å². The predicted octanol–water partition coefficient (Wildman–Crippen LogP) is -2.31. The molecule has 0 saturated carbocycles. The first-order valence-electron chi connectivity index (χ1n) is 7.81. The van der Waals surface area contributed by atoms with E-state index in [0.717, 1.165) is 0 Å². The van der Waals surface area contributed by atoms with Gasteiger partial charge in [-0.15, -0.1) is 0 Å². The van der Waals surface area contributed by atoms with Gasteiger partial charge in [0.25, 0.3) is 0 Å². The van der Waals surface area contributed by atoms with Gasteiger partial charge in [-0.05, 0) is 24.6 Å². The number of nitrogens with two attached hydrogens (primary N) is 1. The number of rotatable bonds is 9. The van der Waals surface area contributed by atoms with Gasteiger partial charge in [-0.25, -0.2) is 4.79 Å². The number of carboxylic acid groups (broad SMARTS) is 1. The van der Waals surface area contributed by atoms with Crippen molar-refractivity contribution in [3.63, 3.8) is 0 Å². The van der Waals surface area contributed by atoms with Gasteiger partial charge in [0, 0.05) is 6.42 Å². The van der Waals surface area contributed by atoms with Gasteiger partial charge in [-0.2, -0.15) is 0 Å². The van der Waals surface area contributed by atoms with Gasteiger partial charge >= 0.3 is 5.97 Å². The molecule has 0 aliphatic rings. The number of carboxylic acids is 1. The van der Waals surface area contributed by atoms with Crippen molar-refractivity contribution < 1.29 is 34.8 Å². The Labute approximate surface area is 149 Å². The minimum absolute atomic E-state index is 0.0155. The highest BCUT2D eigenvalue weighted by molar-refractivity contribution is 5.92. The lowest BCUT2D eigenvalue weighted by Crippen LogP contribution is -2.58. The molecule has 0 aromatic heterocycles. The summed E-state index contributed by atoms with van der Waals surface area (Å²) < 4.78 is 0. The number of carbonyl (C=O) groups is 3. The fourth-order valence-corrected chi connectivity index (χ4v) is 2.08. The lowest BCUT2D eigenvalue weighted by atomic mass is 10.0. The lowest BCUT2D eigenvalue weighted by Gasteiger charge is -2.24. The van der Waals surface area contributed by atoms with Gasteiger partial charge in [0.15, 0.2) is 0 Å². The molecule has 0 heterocycles. The van der Waals surface area contributed by atoms with Gasteiger partial charge in [-0.1, -0.05) is 12.1 Å². The summed E-state index contributed by atoms with van der Waals surface area (Å²) in [7, 11) is 0. The second kappa shape index (κ2) is 9.70. The Hall–Kier alpha value is -2.69. The summed E-state index contributed by atoms with van der Waals surface area (Å²) in [6.45, 7) is 0.587. The van der Waals surface area contributed by atoms with E-state index in [0.29, 0.717) is 5.56 Å². The lowest BCUT2D eigenvalue weighted by molar-refractivity contribution is -0.142. The average molecular weight is 369 g/mol. The summed E-state index contributed by atoms with van der Waals surface area (Å²) in [4.78, 5) is 35.4. The van der Waals surface area contributed by atoms with E-state index in [2.05, 4.69) is 10.6 Å². The monoisotopic (exact) mass is 369 g/mol. The van der Waals surface area contributed by atoms with Crippen LogP contribution in [0, 0.1) is 0 Å². The average Bonchev–Trinajstić information content (AvgIpc) is 2.59. The third kappa shape index (κ3) is 6.31. The van der Waals surface area contributed by atoms with Crippen molar-refractivity contribution in [2.45, 2.75) is 37.6 Å². The number of aromatic hydroxyl groups is 1. The van der Waals surface area contributed by atoms with E-state index < -0.39 is 48.6 Å². The zero-order valence-corrected chi connectivity index (χ0v) is 14.1. The quantitative estimate of drug-likeness (QED) is 0.253. The molecule has 0 aliphatic carbocycles. The molecule has 2 amide bonds. The zero-order valence-electron chi connectivity index (χ0n) is 14.1. The number of hydrogen-bond donors (Lipinski definition) is 7. The van der Waals surface area contributed by atoms with Crippen LogP contribution in [0.1, 0.15) is 12.5 Å². The molecule has 0 aliphatic heterocycles. The van der Waals surface area contributed by atoms with Gasteiger partial charge in [0.2, 0.25) is 11.8 Å². The number of amides is 2. The Kier molecular flexibility index (Phi) is 7.97. The number of phenolic OH excluding ortho intramolecular Hbond substituents is 1. The molecule has 0 fully saturated rings. The van der Waals surface area contributed by atoms with E-state index >= 15 is 0 Å². The maximum absolute atomic E-state index is 12.3. The summed E-state index contributed by atoms with van der Waals surface area (Å²) >= 11 is 0. The molecule has 1 rings (SSSR count). The summed E-state index contributed by atoms with van der Waals surface area (Å²) in [5.74, 6) is -3.07. The van der Waals surface area contributed by atoms with Crippen LogP contribution in [0.25, 0.3) is 0 Å². The largest absolute Gasteiger partial charge is 0.508 e. The predicted molar refractivity (Wildman–Crippen MR) is 90.1 cm³/mol. The fourth-order valence-electron chi connectivity index (χ4n) is 2.08. The SMILES string of the molecule is C[C@@H](O)[C@H](NC(=O)[C@@H](N)CO)C(=O)N[C@@H](Cc1ccc(O)cc1)C(=O)O. The van der Waals surface area contributed by atoms with Crippen LogP contribution in [0.2, 0.25) is 0 Å². The maximum Gasteiger partial charge on any atom is 0.326 e. The van der Waals surface area contributed by atoms with Crippen LogP contribution in [0.4, 0.5) is 0 Å². The summed E-state index contributed by atoms with van der Waals surface area (Å²) in [6.07, 6.45) is -1.40. The molecular weight excluding hydrogens is 346 g/mol. The van der Waals surface area contributed by atoms with Crippen molar-refractivity contribution in [3.8, 4) is 5.75 Å². The highest BCUT2D eigenvalue weighted by Gasteiger charge is 2.30. The Bertz CT molecular complexity index is 633. The topological polar surface area (TPSA) is 182 Å². The summed E-state index contributed by atoms with van der Waals surface area (Å²) in [6, 6.07) is 1.72. The Morgan fingerprint density at radius 1 is 1.12 bits per heavy atom. The number of aliphatic hydroxyl groups is 2. The van der Waals surface area contributed by atoms with Gasteiger partial charge in [-0.3, -0.25) is 9.59 Å². The molecule has 10 heteroatoms. The number of nitrogens with one attached hydrogen (secondary N) is 2. The van der Waals surface area contributed by atoms with Crippen LogP contribution in [0.3, 0.4) is 0 Å². The maximum atomic E-state index is 12.3. The Morgan fingerprint density at radius 3 is 2.15 bits per heavy atom. The number of hydrogen-bond acceptors (Lipinski definition) is 7. The van der Waals surface area contributed by atoms with Gasteiger partial charge in [0.05, 0.1) is 12.7 Å². The molecule has 0 bridgehead atoms. The van der Waals surface area contributed by atoms with Crippen molar-refractivity contribution in [3.05, 3.63) is 29.8 Å².